The maximum Gasteiger partial charge on any atom is 0.309 e. The molecular weight excluding hydrogens is 172 g/mol. The predicted octanol–water partition coefficient (Wildman–Crippen LogP) is 0.827. The molecule has 4 heteroatoms. The summed E-state index contributed by atoms with van der Waals surface area (Å²) in [5.74, 6) is -2.00. The smallest absolute Gasteiger partial charge is 0.309 e. The van der Waals surface area contributed by atoms with Crippen LogP contribution >= 0.6 is 0 Å². The van der Waals surface area contributed by atoms with Gasteiger partial charge in [-0.15, -0.1) is 0 Å². The van der Waals surface area contributed by atoms with E-state index in [-0.39, 0.29) is 18.6 Å². The molecule has 0 fully saturated rings. The number of carboxylic acids is 1. The summed E-state index contributed by atoms with van der Waals surface area (Å²) >= 11 is 0. The number of carbonyl (C=O) groups is 2. The van der Waals surface area contributed by atoms with E-state index < -0.39 is 17.5 Å². The molecule has 13 heavy (non-hydrogen) atoms. The maximum atomic E-state index is 10.7. The molecule has 1 unspecified atom stereocenters. The topological polar surface area (TPSA) is 74.6 Å². The fraction of sp³-hybridized carbons (Fsp3) is 0.778. The Morgan fingerprint density at radius 3 is 2.08 bits per heavy atom. The van der Waals surface area contributed by atoms with E-state index in [1.54, 1.807) is 0 Å². The lowest BCUT2D eigenvalue weighted by Crippen LogP contribution is -2.36. The molecule has 0 spiro atoms. The maximum absolute atomic E-state index is 10.7. The summed E-state index contributed by atoms with van der Waals surface area (Å²) < 4.78 is 0. The van der Waals surface area contributed by atoms with Gasteiger partial charge in [0.2, 0.25) is 0 Å². The molecule has 0 heterocycles. The first-order valence-electron chi connectivity index (χ1n) is 4.19. The van der Waals surface area contributed by atoms with Gasteiger partial charge in [0, 0.05) is 6.42 Å². The Hall–Kier alpha value is -0.900. The van der Waals surface area contributed by atoms with Crippen molar-refractivity contribution in [1.82, 2.24) is 0 Å². The van der Waals surface area contributed by atoms with Crippen molar-refractivity contribution in [3.63, 3.8) is 0 Å². The average molecular weight is 188 g/mol. The summed E-state index contributed by atoms with van der Waals surface area (Å²) in [4.78, 5) is 21.3. The molecule has 2 N–H and O–H groups in total. The highest BCUT2D eigenvalue weighted by Gasteiger charge is 2.32. The highest BCUT2D eigenvalue weighted by molar-refractivity contribution is 5.77. The molecule has 0 aliphatic heterocycles. The normalized spacial score (nSPS) is 13.8. The fourth-order valence-electron chi connectivity index (χ4n) is 1.13. The zero-order valence-corrected chi connectivity index (χ0v) is 8.20. The van der Waals surface area contributed by atoms with Gasteiger partial charge in [0.25, 0.3) is 0 Å². The van der Waals surface area contributed by atoms with Gasteiger partial charge in [0.15, 0.2) is 0 Å². The number of hydrogen-bond donors (Lipinski definition) is 2. The minimum absolute atomic E-state index is 0.0597. The Bertz CT molecular complexity index is 202. The molecule has 0 saturated heterocycles. The van der Waals surface area contributed by atoms with Gasteiger partial charge in [-0.05, 0) is 27.2 Å². The van der Waals surface area contributed by atoms with E-state index in [4.69, 9.17) is 5.11 Å². The van der Waals surface area contributed by atoms with Crippen LogP contribution in [0.4, 0.5) is 0 Å². The Morgan fingerprint density at radius 1 is 1.38 bits per heavy atom. The van der Waals surface area contributed by atoms with Crippen LogP contribution in [0.3, 0.4) is 0 Å². The molecule has 0 aliphatic rings. The van der Waals surface area contributed by atoms with E-state index in [0.717, 1.165) is 0 Å². The number of aliphatic hydroxyl groups is 1. The number of carboxylic acid groups (broad SMARTS) is 1. The molecule has 0 saturated carbocycles. The van der Waals surface area contributed by atoms with Crippen molar-refractivity contribution >= 4 is 11.8 Å². The van der Waals surface area contributed by atoms with Crippen LogP contribution in [0.5, 0.6) is 0 Å². The van der Waals surface area contributed by atoms with Gasteiger partial charge in [-0.3, -0.25) is 4.79 Å². The zero-order valence-electron chi connectivity index (χ0n) is 8.20. The van der Waals surface area contributed by atoms with Crippen LogP contribution in [-0.2, 0) is 9.59 Å². The molecule has 76 valence electrons. The Labute approximate surface area is 77.6 Å². The van der Waals surface area contributed by atoms with Crippen LogP contribution in [0.1, 0.15) is 33.6 Å². The second-order valence-corrected chi connectivity index (χ2v) is 3.79. The van der Waals surface area contributed by atoms with Gasteiger partial charge < -0.3 is 15.0 Å². The Kier molecular flexibility index (Phi) is 4.07. The molecule has 0 radical (unpaired) electrons. The highest BCUT2D eigenvalue weighted by Crippen LogP contribution is 2.21. The fourth-order valence-corrected chi connectivity index (χ4v) is 1.13. The predicted molar refractivity (Wildman–Crippen MR) is 47.3 cm³/mol. The van der Waals surface area contributed by atoms with Crippen molar-refractivity contribution in [2.75, 3.05) is 0 Å². The minimum Gasteiger partial charge on any atom is -0.481 e. The lowest BCUT2D eigenvalue weighted by molar-refractivity contribution is -0.150. The summed E-state index contributed by atoms with van der Waals surface area (Å²) in [6, 6.07) is 0. The molecule has 0 bridgehead atoms. The van der Waals surface area contributed by atoms with E-state index in [9.17, 15) is 14.7 Å². The Morgan fingerprint density at radius 2 is 1.85 bits per heavy atom. The first kappa shape index (κ1) is 12.1. The lowest BCUT2D eigenvalue weighted by Gasteiger charge is -2.25. The first-order chi connectivity index (χ1) is 5.75. The number of rotatable bonds is 5. The zero-order chi connectivity index (χ0) is 10.6. The van der Waals surface area contributed by atoms with Crippen molar-refractivity contribution in [2.45, 2.75) is 39.2 Å². The van der Waals surface area contributed by atoms with Crippen molar-refractivity contribution in [3.8, 4) is 0 Å². The third-order valence-corrected chi connectivity index (χ3v) is 1.94. The van der Waals surface area contributed by atoms with Gasteiger partial charge >= 0.3 is 5.97 Å². The van der Waals surface area contributed by atoms with Crippen LogP contribution in [0.15, 0.2) is 0 Å². The molecule has 0 aromatic heterocycles. The van der Waals surface area contributed by atoms with Gasteiger partial charge in [-0.25, -0.2) is 0 Å². The molecule has 4 nitrogen and oxygen atoms in total. The molecular formula is C9H16O4. The molecule has 0 aromatic carbocycles. The van der Waals surface area contributed by atoms with Gasteiger partial charge in [-0.1, -0.05) is 0 Å². The summed E-state index contributed by atoms with van der Waals surface area (Å²) in [5.41, 5.74) is -1.28. The molecule has 0 aromatic rings. The first-order valence-corrected chi connectivity index (χ1v) is 4.19. The van der Waals surface area contributed by atoms with E-state index in [1.807, 2.05) is 0 Å². The van der Waals surface area contributed by atoms with E-state index in [2.05, 4.69) is 0 Å². The van der Waals surface area contributed by atoms with Gasteiger partial charge in [-0.2, -0.15) is 0 Å². The van der Waals surface area contributed by atoms with E-state index in [0.29, 0.717) is 0 Å². The van der Waals surface area contributed by atoms with Crippen LogP contribution < -0.4 is 0 Å². The molecule has 0 rings (SSSR count). The third-order valence-electron chi connectivity index (χ3n) is 1.94. The lowest BCUT2D eigenvalue weighted by atomic mass is 9.87. The summed E-state index contributed by atoms with van der Waals surface area (Å²) in [5, 5.41) is 18.2. The van der Waals surface area contributed by atoms with Crippen LogP contribution in [-0.4, -0.2) is 27.6 Å². The van der Waals surface area contributed by atoms with Crippen LogP contribution in [0, 0.1) is 5.92 Å². The van der Waals surface area contributed by atoms with Crippen LogP contribution in [0.25, 0.3) is 0 Å². The monoisotopic (exact) mass is 188 g/mol. The van der Waals surface area contributed by atoms with Gasteiger partial charge in [0.1, 0.15) is 5.78 Å². The van der Waals surface area contributed by atoms with Gasteiger partial charge in [0.05, 0.1) is 11.5 Å². The quantitative estimate of drug-likeness (QED) is 0.670. The number of hydrogen-bond acceptors (Lipinski definition) is 3. The van der Waals surface area contributed by atoms with Crippen molar-refractivity contribution in [3.05, 3.63) is 0 Å². The second kappa shape index (κ2) is 4.37. The number of Topliss-reactive ketones (excluding diaryl/α,β-unsaturated/α-hetero) is 1. The average Bonchev–Trinajstić information content (AvgIpc) is 1.81. The minimum atomic E-state index is -1.28. The number of carbonyl (C=O) groups excluding carboxylic acids is 1. The standard InChI is InChI=1S/C9H16O4/c1-6(10)4-5-7(8(11)12)9(2,3)13/h7,13H,4-5H2,1-3H3,(H,11,12). The van der Waals surface area contributed by atoms with Crippen molar-refractivity contribution in [1.29, 1.82) is 0 Å². The molecule has 1 atom stereocenters. The largest absolute Gasteiger partial charge is 0.481 e. The number of ketones is 1. The SMILES string of the molecule is CC(=O)CCC(C(=O)O)C(C)(C)O. The highest BCUT2D eigenvalue weighted by atomic mass is 16.4. The molecule has 0 aliphatic carbocycles. The van der Waals surface area contributed by atoms with E-state index >= 15 is 0 Å². The van der Waals surface area contributed by atoms with Crippen molar-refractivity contribution < 1.29 is 19.8 Å². The van der Waals surface area contributed by atoms with E-state index in [1.165, 1.54) is 20.8 Å². The summed E-state index contributed by atoms with van der Waals surface area (Å²) in [6.45, 7) is 4.28. The van der Waals surface area contributed by atoms with Crippen molar-refractivity contribution in [2.24, 2.45) is 5.92 Å². The summed E-state index contributed by atoms with van der Waals surface area (Å²) in [6.07, 6.45) is 0.384. The van der Waals surface area contributed by atoms with Crippen LogP contribution in [0.2, 0.25) is 0 Å². The summed E-state index contributed by atoms with van der Waals surface area (Å²) in [7, 11) is 0. The second-order valence-electron chi connectivity index (χ2n) is 3.79. The Balaban J connectivity index is 4.28. The number of aliphatic carboxylic acids is 1. The third kappa shape index (κ3) is 4.62. The molecule has 0 amide bonds.